The molecule has 1 aromatic heterocycles. The number of nitrogens with zero attached hydrogens (tertiary/aromatic N) is 1. The number of amides is 1. The number of carbonyl (C=O) groups excluding carboxylic acids is 2. The maximum atomic E-state index is 12.0. The maximum absolute atomic E-state index is 12.0. The largest absolute Gasteiger partial charge is 0.491 e. The molecule has 0 radical (unpaired) electrons. The van der Waals surface area contributed by atoms with E-state index in [1.54, 1.807) is 23.3 Å². The van der Waals surface area contributed by atoms with Crippen LogP contribution in [0.4, 0.5) is 0 Å². The lowest BCUT2D eigenvalue weighted by Gasteiger charge is -2.16. The highest BCUT2D eigenvalue weighted by Crippen LogP contribution is 2.16. The molecule has 5 nitrogen and oxygen atoms in total. The molecule has 6 heteroatoms. The first kappa shape index (κ1) is 19.0. The number of ether oxygens (including phenoxy) is 2. The van der Waals surface area contributed by atoms with E-state index in [2.05, 4.69) is 0 Å². The fourth-order valence-electron chi connectivity index (χ4n) is 2.20. The molecule has 0 unspecified atom stereocenters. The van der Waals surface area contributed by atoms with Crippen LogP contribution in [0.3, 0.4) is 0 Å². The number of hydrogen-bond acceptors (Lipinski definition) is 5. The van der Waals surface area contributed by atoms with Crippen molar-refractivity contribution >= 4 is 23.2 Å². The fourth-order valence-corrected chi connectivity index (χ4v) is 2.95. The van der Waals surface area contributed by atoms with E-state index < -0.39 is 5.97 Å². The van der Waals surface area contributed by atoms with Crippen LogP contribution in [0.25, 0.3) is 0 Å². The second kappa shape index (κ2) is 9.22. The third-order valence-corrected chi connectivity index (χ3v) is 4.24. The van der Waals surface area contributed by atoms with E-state index in [1.165, 1.54) is 0 Å². The molecule has 0 atom stereocenters. The summed E-state index contributed by atoms with van der Waals surface area (Å²) < 4.78 is 10.7. The average Bonchev–Trinajstić information content (AvgIpc) is 3.05. The minimum atomic E-state index is -0.431. The van der Waals surface area contributed by atoms with Gasteiger partial charge < -0.3 is 14.4 Å². The number of rotatable bonds is 8. The van der Waals surface area contributed by atoms with Crippen LogP contribution in [-0.4, -0.2) is 36.5 Å². The van der Waals surface area contributed by atoms with Crippen molar-refractivity contribution in [3.8, 4) is 5.75 Å². The number of esters is 1. The lowest BCUT2D eigenvalue weighted by Crippen LogP contribution is -2.30. The average molecular weight is 361 g/mol. The Kier molecular flexibility index (Phi) is 7.01. The molecule has 25 heavy (non-hydrogen) atoms. The van der Waals surface area contributed by atoms with Gasteiger partial charge in [0.25, 0.3) is 5.91 Å². The second-order valence-corrected chi connectivity index (χ2v) is 7.01. The van der Waals surface area contributed by atoms with E-state index in [9.17, 15) is 9.59 Å². The summed E-state index contributed by atoms with van der Waals surface area (Å²) in [6, 6.07) is 11.2. The molecule has 0 saturated carbocycles. The van der Waals surface area contributed by atoms with Crippen molar-refractivity contribution in [2.24, 2.45) is 0 Å². The molecule has 1 amide bonds. The summed E-state index contributed by atoms with van der Waals surface area (Å²) in [4.78, 5) is 26.6. The van der Waals surface area contributed by atoms with Crippen LogP contribution in [0.15, 0.2) is 41.8 Å². The molecule has 0 aliphatic heterocycles. The van der Waals surface area contributed by atoms with Crippen molar-refractivity contribution < 1.29 is 19.1 Å². The van der Waals surface area contributed by atoms with Crippen molar-refractivity contribution in [1.82, 2.24) is 4.90 Å². The lowest BCUT2D eigenvalue weighted by molar-refractivity contribution is -0.151. The van der Waals surface area contributed by atoms with Gasteiger partial charge in [-0.2, -0.15) is 0 Å². The van der Waals surface area contributed by atoms with Gasteiger partial charge in [-0.3, -0.25) is 9.59 Å². The molecule has 0 spiro atoms. The van der Waals surface area contributed by atoms with Gasteiger partial charge >= 0.3 is 5.97 Å². The Labute approximate surface area is 152 Å². The van der Waals surface area contributed by atoms with E-state index in [4.69, 9.17) is 9.47 Å². The van der Waals surface area contributed by atoms with Crippen molar-refractivity contribution in [2.45, 2.75) is 32.9 Å². The topological polar surface area (TPSA) is 55.8 Å². The maximum Gasteiger partial charge on any atom is 0.310 e. The van der Waals surface area contributed by atoms with E-state index in [0.29, 0.717) is 12.3 Å². The van der Waals surface area contributed by atoms with Gasteiger partial charge in [-0.05, 0) is 43.0 Å². The first-order valence-corrected chi connectivity index (χ1v) is 8.99. The normalized spacial score (nSPS) is 10.6. The van der Waals surface area contributed by atoms with Crippen LogP contribution in [-0.2, 0) is 27.3 Å². The highest BCUT2D eigenvalue weighted by molar-refractivity contribution is 7.09. The third-order valence-electron chi connectivity index (χ3n) is 3.37. The summed E-state index contributed by atoms with van der Waals surface area (Å²) in [5.41, 5.74) is 0.794. The van der Waals surface area contributed by atoms with Gasteiger partial charge in [0.05, 0.1) is 19.1 Å². The van der Waals surface area contributed by atoms with Crippen LogP contribution in [0.5, 0.6) is 5.75 Å². The van der Waals surface area contributed by atoms with E-state index in [-0.39, 0.29) is 25.0 Å². The predicted octanol–water partition coefficient (Wildman–Crippen LogP) is 3.28. The number of likely N-dealkylation sites (N-methyl/N-ethyl adjacent to an activating group) is 1. The molecule has 1 aromatic carbocycles. The van der Waals surface area contributed by atoms with Crippen molar-refractivity contribution in [2.75, 3.05) is 13.7 Å². The smallest absolute Gasteiger partial charge is 0.310 e. The van der Waals surface area contributed by atoms with Crippen molar-refractivity contribution in [3.05, 3.63) is 52.2 Å². The molecule has 2 rings (SSSR count). The SMILES string of the molecule is CC(C)Oc1cccc(CC(=O)OCC(=O)N(C)Cc2cccs2)c1. The first-order chi connectivity index (χ1) is 11.9. The highest BCUT2D eigenvalue weighted by Gasteiger charge is 2.13. The van der Waals surface area contributed by atoms with Crippen LogP contribution < -0.4 is 4.74 Å². The Morgan fingerprint density at radius 3 is 2.68 bits per heavy atom. The first-order valence-electron chi connectivity index (χ1n) is 8.11. The van der Waals surface area contributed by atoms with Gasteiger partial charge in [0, 0.05) is 11.9 Å². The number of thiophene rings is 1. The van der Waals surface area contributed by atoms with Crippen LogP contribution in [0.2, 0.25) is 0 Å². The Morgan fingerprint density at radius 1 is 1.20 bits per heavy atom. The predicted molar refractivity (Wildman–Crippen MR) is 97.7 cm³/mol. The van der Waals surface area contributed by atoms with Crippen molar-refractivity contribution in [3.63, 3.8) is 0 Å². The van der Waals surface area contributed by atoms with Crippen molar-refractivity contribution in [1.29, 1.82) is 0 Å². The summed E-state index contributed by atoms with van der Waals surface area (Å²) in [6.07, 6.45) is 0.177. The molecule has 0 aliphatic carbocycles. The fraction of sp³-hybridized carbons (Fsp3) is 0.368. The van der Waals surface area contributed by atoms with Crippen LogP contribution in [0.1, 0.15) is 24.3 Å². The lowest BCUT2D eigenvalue weighted by atomic mass is 10.1. The molecular formula is C19H23NO4S. The molecule has 134 valence electrons. The zero-order valence-corrected chi connectivity index (χ0v) is 15.5. The molecular weight excluding hydrogens is 338 g/mol. The Hall–Kier alpha value is -2.34. The molecule has 0 aliphatic rings. The summed E-state index contributed by atoms with van der Waals surface area (Å²) in [6.45, 7) is 4.16. The Morgan fingerprint density at radius 2 is 2.00 bits per heavy atom. The van der Waals surface area contributed by atoms with Gasteiger partial charge in [0.15, 0.2) is 6.61 Å². The van der Waals surface area contributed by atoms with Crippen LogP contribution in [0, 0.1) is 0 Å². The summed E-state index contributed by atoms with van der Waals surface area (Å²) in [5, 5.41) is 1.96. The second-order valence-electron chi connectivity index (χ2n) is 5.98. The van der Waals surface area contributed by atoms with Gasteiger partial charge in [-0.15, -0.1) is 11.3 Å². The molecule has 0 saturated heterocycles. The molecule has 0 fully saturated rings. The quantitative estimate of drug-likeness (QED) is 0.677. The van der Waals surface area contributed by atoms with Gasteiger partial charge in [-0.25, -0.2) is 0 Å². The zero-order valence-electron chi connectivity index (χ0n) is 14.7. The summed E-state index contributed by atoms with van der Waals surface area (Å²) in [7, 11) is 1.70. The van der Waals surface area contributed by atoms with Gasteiger partial charge in [0.2, 0.25) is 0 Å². The molecule has 1 heterocycles. The summed E-state index contributed by atoms with van der Waals surface area (Å²) in [5.74, 6) is 0.0604. The van der Waals surface area contributed by atoms with Crippen LogP contribution >= 0.6 is 11.3 Å². The Bertz CT molecular complexity index is 697. The summed E-state index contributed by atoms with van der Waals surface area (Å²) >= 11 is 1.59. The monoisotopic (exact) mass is 361 g/mol. The van der Waals surface area contributed by atoms with E-state index in [1.807, 2.05) is 55.6 Å². The molecule has 0 N–H and O–H groups in total. The zero-order chi connectivity index (χ0) is 18.2. The van der Waals surface area contributed by atoms with E-state index in [0.717, 1.165) is 10.4 Å². The van der Waals surface area contributed by atoms with E-state index >= 15 is 0 Å². The molecule has 2 aromatic rings. The number of benzene rings is 1. The standard InChI is InChI=1S/C19H23NO4S/c1-14(2)24-16-7-4-6-15(10-16)11-19(22)23-13-18(21)20(3)12-17-8-5-9-25-17/h4-10,14H,11-13H2,1-3H3. The van der Waals surface area contributed by atoms with Gasteiger partial charge in [-0.1, -0.05) is 18.2 Å². The molecule has 0 bridgehead atoms. The minimum absolute atomic E-state index is 0.0682. The number of hydrogen-bond donors (Lipinski definition) is 0. The number of carbonyl (C=O) groups is 2. The third kappa shape index (κ3) is 6.58. The Balaban J connectivity index is 1.79. The minimum Gasteiger partial charge on any atom is -0.491 e. The van der Waals surface area contributed by atoms with Gasteiger partial charge in [0.1, 0.15) is 5.75 Å². The highest BCUT2D eigenvalue weighted by atomic mass is 32.1.